The molecule has 0 radical (unpaired) electrons. The molecule has 3 fully saturated rings. The molecule has 4 aliphatic rings. The van der Waals surface area contributed by atoms with Crippen LogP contribution in [0.3, 0.4) is 0 Å². The molecule has 6 unspecified atom stereocenters. The molecule has 1 N–H and O–H groups in total. The molecule has 250 valence electrons. The summed E-state index contributed by atoms with van der Waals surface area (Å²) >= 11 is 0. The molecule has 7 rings (SSSR count). The number of halogens is 1. The van der Waals surface area contributed by atoms with Crippen molar-refractivity contribution in [2.45, 2.75) is 135 Å². The van der Waals surface area contributed by atoms with Crippen LogP contribution in [0.5, 0.6) is 0 Å². The summed E-state index contributed by atoms with van der Waals surface area (Å²) in [5.41, 5.74) is 4.71. The Labute approximate surface area is 278 Å². The highest BCUT2D eigenvalue weighted by Crippen LogP contribution is 2.57. The molecular formula is C42H59FN2O. The van der Waals surface area contributed by atoms with Crippen LogP contribution in [-0.2, 0) is 22.3 Å². The van der Waals surface area contributed by atoms with Crippen LogP contribution in [0.2, 0.25) is 0 Å². The molecule has 2 aromatic carbocycles. The van der Waals surface area contributed by atoms with Gasteiger partial charge in [0.15, 0.2) is 0 Å². The lowest BCUT2D eigenvalue weighted by atomic mass is 9.62. The van der Waals surface area contributed by atoms with E-state index in [0.29, 0.717) is 30.5 Å². The highest BCUT2D eigenvalue weighted by molar-refractivity contribution is 5.85. The maximum atomic E-state index is 14.4. The van der Waals surface area contributed by atoms with E-state index in [1.807, 2.05) is 6.07 Å². The van der Waals surface area contributed by atoms with Crippen LogP contribution in [0.25, 0.3) is 10.9 Å². The van der Waals surface area contributed by atoms with Crippen molar-refractivity contribution >= 4 is 10.9 Å². The van der Waals surface area contributed by atoms with Gasteiger partial charge < -0.3 is 9.72 Å². The van der Waals surface area contributed by atoms with Crippen LogP contribution in [0.15, 0.2) is 48.5 Å². The molecule has 3 aromatic rings. The summed E-state index contributed by atoms with van der Waals surface area (Å²) in [6.45, 7) is 15.7. The molecule has 0 bridgehead atoms. The van der Waals surface area contributed by atoms with E-state index in [-0.39, 0.29) is 17.0 Å². The average molecular weight is 627 g/mol. The van der Waals surface area contributed by atoms with Crippen LogP contribution in [0.1, 0.15) is 123 Å². The Balaban J connectivity index is 1.36. The summed E-state index contributed by atoms with van der Waals surface area (Å²) < 4.78 is 21.3. The van der Waals surface area contributed by atoms with Crippen LogP contribution in [-0.4, -0.2) is 28.6 Å². The van der Waals surface area contributed by atoms with Crippen LogP contribution in [0.4, 0.5) is 4.39 Å². The molecule has 46 heavy (non-hydrogen) atoms. The second kappa shape index (κ2) is 12.7. The molecule has 1 aromatic heterocycles. The molecule has 3 saturated carbocycles. The Bertz CT molecular complexity index is 1450. The molecule has 1 spiro atoms. The second-order valence-electron chi connectivity index (χ2n) is 16.9. The lowest BCUT2D eigenvalue weighted by Gasteiger charge is -2.62. The van der Waals surface area contributed by atoms with E-state index >= 15 is 0 Å². The Hall–Kier alpha value is -2.17. The number of rotatable bonds is 6. The third kappa shape index (κ3) is 5.58. The van der Waals surface area contributed by atoms with Crippen molar-refractivity contribution in [2.24, 2.45) is 35.5 Å². The van der Waals surface area contributed by atoms with E-state index in [0.717, 1.165) is 66.7 Å². The Morgan fingerprint density at radius 2 is 1.41 bits per heavy atom. The lowest BCUT2D eigenvalue weighted by Crippen LogP contribution is -2.64. The quantitative estimate of drug-likeness (QED) is 0.295. The Morgan fingerprint density at radius 1 is 0.804 bits per heavy atom. The minimum atomic E-state index is -0.332. The van der Waals surface area contributed by atoms with Crippen molar-refractivity contribution in [1.29, 1.82) is 0 Å². The van der Waals surface area contributed by atoms with E-state index in [4.69, 9.17) is 4.74 Å². The largest absolute Gasteiger partial charge is 0.368 e. The van der Waals surface area contributed by atoms with Crippen LogP contribution in [0, 0.1) is 41.3 Å². The molecule has 0 amide bonds. The summed E-state index contributed by atoms with van der Waals surface area (Å²) in [5.74, 6) is 4.17. The highest BCUT2D eigenvalue weighted by Gasteiger charge is 2.56. The van der Waals surface area contributed by atoms with Gasteiger partial charge >= 0.3 is 0 Å². The first-order chi connectivity index (χ1) is 22.1. The van der Waals surface area contributed by atoms with Gasteiger partial charge in [0.1, 0.15) is 11.4 Å². The summed E-state index contributed by atoms with van der Waals surface area (Å²) in [6.07, 6.45) is 13.1. The average Bonchev–Trinajstić information content (AvgIpc) is 3.42. The van der Waals surface area contributed by atoms with Gasteiger partial charge in [0.25, 0.3) is 0 Å². The predicted octanol–water partition coefficient (Wildman–Crippen LogP) is 10.8. The summed E-state index contributed by atoms with van der Waals surface area (Å²) in [5, 5.41) is 1.05. The van der Waals surface area contributed by atoms with Gasteiger partial charge in [-0.1, -0.05) is 84.7 Å². The van der Waals surface area contributed by atoms with Crippen molar-refractivity contribution in [3.63, 3.8) is 0 Å². The van der Waals surface area contributed by atoms with Crippen molar-refractivity contribution < 1.29 is 9.13 Å². The van der Waals surface area contributed by atoms with Crippen molar-refractivity contribution in [2.75, 3.05) is 6.61 Å². The minimum Gasteiger partial charge on any atom is -0.368 e. The van der Waals surface area contributed by atoms with Gasteiger partial charge in [-0.3, -0.25) is 4.90 Å². The van der Waals surface area contributed by atoms with E-state index in [1.54, 1.807) is 12.1 Å². The summed E-state index contributed by atoms with van der Waals surface area (Å²) in [7, 11) is 0. The number of H-pyrrole nitrogens is 1. The highest BCUT2D eigenvalue weighted by atomic mass is 19.1. The van der Waals surface area contributed by atoms with E-state index < -0.39 is 0 Å². The first-order valence-corrected chi connectivity index (χ1v) is 18.9. The number of benzene rings is 2. The van der Waals surface area contributed by atoms with E-state index in [2.05, 4.69) is 81.8 Å². The topological polar surface area (TPSA) is 28.3 Å². The Morgan fingerprint density at radius 3 is 2.00 bits per heavy atom. The fourth-order valence-electron chi connectivity index (χ4n) is 11.0. The first-order valence-electron chi connectivity index (χ1n) is 18.9. The van der Waals surface area contributed by atoms with Gasteiger partial charge in [-0.05, 0) is 123 Å². The summed E-state index contributed by atoms with van der Waals surface area (Å²) in [6, 6.07) is 18.1. The normalized spacial score (nSPS) is 35.3. The fraction of sp³-hybridized carbons (Fsp3) is 0.667. The van der Waals surface area contributed by atoms with Gasteiger partial charge in [0.2, 0.25) is 0 Å². The van der Waals surface area contributed by atoms with E-state index in [9.17, 15) is 4.39 Å². The van der Waals surface area contributed by atoms with Crippen molar-refractivity contribution in [1.82, 2.24) is 9.88 Å². The standard InChI is InChI=1S/C42H59FN2O/c1-27(2)33-15-12-29(5)24-38(33)45(39-25-30(6)13-16-34(39)28(3)4)41(31-10-8-7-9-11-31)19-21-42(22-20-41)40-35(18-23-46-42)36-26-32(43)14-17-37(36)44-40/h7-11,14,17,26-30,33-34,38-39,44H,12-13,15-16,18-25H2,1-6H3/t29?,30?,33?,34?,38?,39?,41-,42+. The molecule has 2 heterocycles. The molecule has 1 aliphatic heterocycles. The van der Waals surface area contributed by atoms with Crippen molar-refractivity contribution in [3.8, 4) is 0 Å². The summed E-state index contributed by atoms with van der Waals surface area (Å²) in [4.78, 5) is 7.01. The first kappa shape index (κ1) is 32.4. The van der Waals surface area contributed by atoms with Crippen LogP contribution >= 0.6 is 0 Å². The zero-order valence-electron chi connectivity index (χ0n) is 29.5. The smallest absolute Gasteiger partial charge is 0.123 e. The SMILES string of the molecule is CC1CCC(C(C)C)C(N(C2CC(C)CCC2C(C)C)[C@]2(c3ccccc3)CC[C@@]3(CC2)OCCc2c4cc(F)ccc4[nH]c23)C1. The van der Waals surface area contributed by atoms with Gasteiger partial charge in [-0.15, -0.1) is 0 Å². The molecule has 0 saturated heterocycles. The maximum absolute atomic E-state index is 14.4. The molecule has 3 nitrogen and oxygen atoms in total. The lowest BCUT2D eigenvalue weighted by molar-refractivity contribution is -0.154. The van der Waals surface area contributed by atoms with Gasteiger partial charge in [0, 0.05) is 28.5 Å². The Kier molecular flexibility index (Phi) is 8.94. The fourth-order valence-corrected chi connectivity index (χ4v) is 11.0. The molecule has 6 atom stereocenters. The number of ether oxygens (including phenoxy) is 1. The van der Waals surface area contributed by atoms with Gasteiger partial charge in [-0.25, -0.2) is 4.39 Å². The van der Waals surface area contributed by atoms with Crippen LogP contribution < -0.4 is 0 Å². The monoisotopic (exact) mass is 626 g/mol. The number of aromatic amines is 1. The number of nitrogens with one attached hydrogen (secondary N) is 1. The molecular weight excluding hydrogens is 567 g/mol. The van der Waals surface area contributed by atoms with Gasteiger partial charge in [-0.2, -0.15) is 0 Å². The van der Waals surface area contributed by atoms with E-state index in [1.165, 1.54) is 55.3 Å². The molecule has 4 heteroatoms. The number of hydrogen-bond donors (Lipinski definition) is 1. The van der Waals surface area contributed by atoms with Gasteiger partial charge in [0.05, 0.1) is 12.3 Å². The predicted molar refractivity (Wildman–Crippen MR) is 188 cm³/mol. The van der Waals surface area contributed by atoms with Crippen molar-refractivity contribution in [3.05, 3.63) is 71.2 Å². The second-order valence-corrected chi connectivity index (χ2v) is 16.9. The number of fused-ring (bicyclic) bond motifs is 4. The maximum Gasteiger partial charge on any atom is 0.123 e. The zero-order chi connectivity index (χ0) is 32.2. The third-order valence-electron chi connectivity index (χ3n) is 13.4. The minimum absolute atomic E-state index is 0.0324. The zero-order valence-corrected chi connectivity index (χ0v) is 29.5. The number of hydrogen-bond acceptors (Lipinski definition) is 2. The number of aromatic nitrogens is 1. The third-order valence-corrected chi connectivity index (χ3v) is 13.4. The molecule has 3 aliphatic carbocycles. The number of nitrogens with zero attached hydrogens (tertiary/aromatic N) is 1.